The lowest BCUT2D eigenvalue weighted by Gasteiger charge is -2.11. The predicted molar refractivity (Wildman–Crippen MR) is 65.3 cm³/mol. The third kappa shape index (κ3) is 33.4. The van der Waals surface area contributed by atoms with Crippen molar-refractivity contribution in [3.05, 3.63) is 0 Å². The van der Waals surface area contributed by atoms with Crippen LogP contribution in [0.25, 0.3) is 0 Å². The van der Waals surface area contributed by atoms with Gasteiger partial charge in [-0.15, -0.1) is 0 Å². The molecule has 0 fully saturated rings. The van der Waals surface area contributed by atoms with E-state index < -0.39 is 0 Å². The Labute approximate surface area is 86.3 Å². The van der Waals surface area contributed by atoms with Gasteiger partial charge in [0.15, 0.2) is 0 Å². The zero-order valence-electron chi connectivity index (χ0n) is 11.1. The lowest BCUT2D eigenvalue weighted by Crippen LogP contribution is -2.22. The topological polar surface area (TPSA) is 12.0 Å². The highest BCUT2D eigenvalue weighted by Crippen LogP contribution is 2.02. The number of rotatable bonds is 3. The first kappa shape index (κ1) is 18.7. The molecule has 13 heavy (non-hydrogen) atoms. The molecular weight excluding hydrogens is 158 g/mol. The van der Waals surface area contributed by atoms with Crippen molar-refractivity contribution in [2.75, 3.05) is 7.05 Å². The van der Waals surface area contributed by atoms with Gasteiger partial charge in [0.1, 0.15) is 0 Å². The molecule has 0 bridgehead atoms. The van der Waals surface area contributed by atoms with Gasteiger partial charge in [-0.1, -0.05) is 48.0 Å². The Hall–Kier alpha value is -0.0400. The zero-order chi connectivity index (χ0) is 11.3. The maximum absolute atomic E-state index is 3.20. The minimum absolute atomic E-state index is 0.676. The van der Waals surface area contributed by atoms with Crippen LogP contribution < -0.4 is 5.32 Å². The molecule has 0 aromatic rings. The van der Waals surface area contributed by atoms with Gasteiger partial charge in [-0.05, 0) is 26.3 Å². The molecule has 1 heteroatoms. The van der Waals surface area contributed by atoms with E-state index in [1.165, 1.54) is 12.8 Å². The molecule has 0 amide bonds. The number of hydrogen-bond donors (Lipinski definition) is 1. The van der Waals surface area contributed by atoms with E-state index in [9.17, 15) is 0 Å². The van der Waals surface area contributed by atoms with E-state index in [2.05, 4.69) is 39.9 Å². The third-order valence-electron chi connectivity index (χ3n) is 1.32. The van der Waals surface area contributed by atoms with Crippen molar-refractivity contribution >= 4 is 0 Å². The molecule has 0 saturated carbocycles. The van der Waals surface area contributed by atoms with Crippen molar-refractivity contribution in [1.29, 1.82) is 0 Å². The summed E-state index contributed by atoms with van der Waals surface area (Å²) in [5.74, 6) is 0.817. The average molecular weight is 189 g/mol. The van der Waals surface area contributed by atoms with Crippen LogP contribution in [-0.4, -0.2) is 13.1 Å². The zero-order valence-corrected chi connectivity index (χ0v) is 11.1. The second kappa shape index (κ2) is 17.9. The standard InChI is InChI=1S/C7H17N.C3H8.C2H6/c1-6(2)5-7(3)8-4;1-3-2;1-2/h6-8H,5H2,1-4H3;3H2,1-2H3;1-2H3. The van der Waals surface area contributed by atoms with Crippen LogP contribution in [0.1, 0.15) is 61.3 Å². The third-order valence-corrected chi connectivity index (χ3v) is 1.32. The summed E-state index contributed by atoms with van der Waals surface area (Å²) in [7, 11) is 2.01. The van der Waals surface area contributed by atoms with Crippen molar-refractivity contribution in [2.45, 2.75) is 67.3 Å². The maximum Gasteiger partial charge on any atom is 0.00381 e. The minimum Gasteiger partial charge on any atom is -0.317 e. The quantitative estimate of drug-likeness (QED) is 0.705. The second-order valence-electron chi connectivity index (χ2n) is 3.53. The highest BCUT2D eigenvalue weighted by atomic mass is 14.8. The van der Waals surface area contributed by atoms with Crippen LogP contribution in [0.15, 0.2) is 0 Å². The van der Waals surface area contributed by atoms with Crippen LogP contribution >= 0.6 is 0 Å². The molecule has 0 saturated heterocycles. The summed E-state index contributed by atoms with van der Waals surface area (Å²) in [6.45, 7) is 14.9. The first-order valence-corrected chi connectivity index (χ1v) is 5.75. The highest BCUT2D eigenvalue weighted by Gasteiger charge is 1.99. The van der Waals surface area contributed by atoms with E-state index in [1.54, 1.807) is 0 Å². The van der Waals surface area contributed by atoms with E-state index in [1.807, 2.05) is 20.9 Å². The summed E-state index contributed by atoms with van der Waals surface area (Å²) in [6.07, 6.45) is 2.52. The molecule has 1 unspecified atom stereocenters. The van der Waals surface area contributed by atoms with Crippen molar-refractivity contribution in [3.8, 4) is 0 Å². The van der Waals surface area contributed by atoms with E-state index in [0.717, 1.165) is 5.92 Å². The van der Waals surface area contributed by atoms with Gasteiger partial charge in [0.2, 0.25) is 0 Å². The molecule has 1 atom stereocenters. The lowest BCUT2D eigenvalue weighted by atomic mass is 10.1. The molecule has 84 valence electrons. The van der Waals surface area contributed by atoms with E-state index >= 15 is 0 Å². The summed E-state index contributed by atoms with van der Waals surface area (Å²) >= 11 is 0. The SMILES string of the molecule is CC.CCC.CNC(C)CC(C)C. The number of hydrogen-bond acceptors (Lipinski definition) is 1. The fourth-order valence-electron chi connectivity index (χ4n) is 0.825. The summed E-state index contributed by atoms with van der Waals surface area (Å²) in [5, 5.41) is 3.20. The fraction of sp³-hybridized carbons (Fsp3) is 1.00. The van der Waals surface area contributed by atoms with Crippen LogP contribution in [0.5, 0.6) is 0 Å². The van der Waals surface area contributed by atoms with Crippen molar-refractivity contribution in [3.63, 3.8) is 0 Å². The molecule has 0 rings (SSSR count). The van der Waals surface area contributed by atoms with Crippen molar-refractivity contribution in [1.82, 2.24) is 5.32 Å². The van der Waals surface area contributed by atoms with Gasteiger partial charge in [0.25, 0.3) is 0 Å². The summed E-state index contributed by atoms with van der Waals surface area (Å²) < 4.78 is 0. The predicted octanol–water partition coefficient (Wildman–Crippen LogP) is 4.08. The number of nitrogens with one attached hydrogen (secondary N) is 1. The molecule has 0 radical (unpaired) electrons. The Morgan fingerprint density at radius 2 is 1.31 bits per heavy atom. The Morgan fingerprint density at radius 1 is 1.00 bits per heavy atom. The van der Waals surface area contributed by atoms with Crippen LogP contribution in [-0.2, 0) is 0 Å². The largest absolute Gasteiger partial charge is 0.317 e. The Balaban J connectivity index is -0.000000169. The van der Waals surface area contributed by atoms with Gasteiger partial charge < -0.3 is 5.32 Å². The summed E-state index contributed by atoms with van der Waals surface area (Å²) in [4.78, 5) is 0. The highest BCUT2D eigenvalue weighted by molar-refractivity contribution is 4.58. The molecule has 1 nitrogen and oxygen atoms in total. The molecule has 0 aliphatic heterocycles. The molecule has 0 aliphatic carbocycles. The van der Waals surface area contributed by atoms with Crippen molar-refractivity contribution < 1.29 is 0 Å². The molecule has 0 spiro atoms. The van der Waals surface area contributed by atoms with Crippen LogP contribution in [0, 0.1) is 5.92 Å². The Bertz CT molecular complexity index is 60.1. The van der Waals surface area contributed by atoms with Gasteiger partial charge in [0.05, 0.1) is 0 Å². The van der Waals surface area contributed by atoms with Gasteiger partial charge in [-0.25, -0.2) is 0 Å². The van der Waals surface area contributed by atoms with Gasteiger partial charge in [-0.2, -0.15) is 0 Å². The molecular formula is C12H31N. The lowest BCUT2D eigenvalue weighted by molar-refractivity contribution is 0.469. The smallest absolute Gasteiger partial charge is 0.00381 e. The Kier molecular flexibility index (Phi) is 25.7. The first-order chi connectivity index (χ1) is 6.08. The van der Waals surface area contributed by atoms with E-state index in [-0.39, 0.29) is 0 Å². The summed E-state index contributed by atoms with van der Waals surface area (Å²) in [6, 6.07) is 0.676. The molecule has 0 aromatic heterocycles. The molecule has 1 N–H and O–H groups in total. The monoisotopic (exact) mass is 189 g/mol. The van der Waals surface area contributed by atoms with Crippen LogP contribution in [0.2, 0.25) is 0 Å². The van der Waals surface area contributed by atoms with Crippen LogP contribution in [0.4, 0.5) is 0 Å². The Morgan fingerprint density at radius 3 is 1.38 bits per heavy atom. The van der Waals surface area contributed by atoms with Gasteiger partial charge in [-0.3, -0.25) is 0 Å². The second-order valence-corrected chi connectivity index (χ2v) is 3.53. The first-order valence-electron chi connectivity index (χ1n) is 5.75. The maximum atomic E-state index is 3.20. The van der Waals surface area contributed by atoms with E-state index in [4.69, 9.17) is 0 Å². The summed E-state index contributed by atoms with van der Waals surface area (Å²) in [5.41, 5.74) is 0. The molecule has 0 heterocycles. The fourth-order valence-corrected chi connectivity index (χ4v) is 0.825. The van der Waals surface area contributed by atoms with Gasteiger partial charge >= 0.3 is 0 Å². The van der Waals surface area contributed by atoms with Crippen LogP contribution in [0.3, 0.4) is 0 Å². The minimum atomic E-state index is 0.676. The normalized spacial score (nSPS) is 10.8. The molecule has 0 aliphatic rings. The molecule has 0 aromatic carbocycles. The van der Waals surface area contributed by atoms with E-state index in [0.29, 0.717) is 6.04 Å². The average Bonchev–Trinajstić information content (AvgIpc) is 2.08. The van der Waals surface area contributed by atoms with Crippen molar-refractivity contribution in [2.24, 2.45) is 5.92 Å². The van der Waals surface area contributed by atoms with Gasteiger partial charge in [0, 0.05) is 6.04 Å².